The van der Waals surface area contributed by atoms with Gasteiger partial charge in [-0.2, -0.15) is 11.8 Å². The Kier molecular flexibility index (Phi) is 5.83. The summed E-state index contributed by atoms with van der Waals surface area (Å²) in [6.07, 6.45) is 2.72. The number of nitrogens with one attached hydrogen (secondary N) is 1. The molecule has 0 bridgehead atoms. The predicted octanol–water partition coefficient (Wildman–Crippen LogP) is 1.42. The minimum atomic E-state index is 0.798. The largest absolute Gasteiger partial charge is 0.313 e. The molecular formula is C10H22N2S. The molecular weight excluding hydrogens is 180 g/mol. The van der Waals surface area contributed by atoms with Crippen LogP contribution in [0.15, 0.2) is 0 Å². The van der Waals surface area contributed by atoms with E-state index in [1.807, 2.05) is 0 Å². The lowest BCUT2D eigenvalue weighted by Gasteiger charge is -2.24. The van der Waals surface area contributed by atoms with Gasteiger partial charge in [-0.1, -0.05) is 6.92 Å². The molecule has 0 aromatic rings. The highest BCUT2D eigenvalue weighted by Gasteiger charge is 2.12. The summed E-state index contributed by atoms with van der Waals surface area (Å²) in [4.78, 5) is 2.35. The smallest absolute Gasteiger partial charge is 0.0104 e. The van der Waals surface area contributed by atoms with Crippen LogP contribution < -0.4 is 5.32 Å². The number of rotatable bonds is 5. The average molecular weight is 202 g/mol. The van der Waals surface area contributed by atoms with Gasteiger partial charge in [0, 0.05) is 19.1 Å². The van der Waals surface area contributed by atoms with Crippen molar-refractivity contribution in [3.63, 3.8) is 0 Å². The summed E-state index contributed by atoms with van der Waals surface area (Å²) < 4.78 is 0. The summed E-state index contributed by atoms with van der Waals surface area (Å²) in [5, 5.41) is 3.63. The van der Waals surface area contributed by atoms with Crippen molar-refractivity contribution in [3.05, 3.63) is 0 Å². The van der Waals surface area contributed by atoms with Crippen LogP contribution in [0.3, 0.4) is 0 Å². The van der Waals surface area contributed by atoms with E-state index >= 15 is 0 Å². The quantitative estimate of drug-likeness (QED) is 0.726. The van der Waals surface area contributed by atoms with Gasteiger partial charge in [0.25, 0.3) is 0 Å². The van der Waals surface area contributed by atoms with Crippen LogP contribution in [-0.4, -0.2) is 49.1 Å². The van der Waals surface area contributed by atoms with Gasteiger partial charge in [0.15, 0.2) is 0 Å². The first kappa shape index (κ1) is 11.3. The summed E-state index contributed by atoms with van der Waals surface area (Å²) in [6, 6.07) is 0.798. The highest BCUT2D eigenvalue weighted by Crippen LogP contribution is 2.16. The Morgan fingerprint density at radius 3 is 2.69 bits per heavy atom. The molecule has 2 nitrogen and oxygen atoms in total. The number of thioether (sulfide) groups is 1. The molecule has 1 aliphatic rings. The second-order valence-corrected chi connectivity index (χ2v) is 4.96. The highest BCUT2D eigenvalue weighted by atomic mass is 32.2. The average Bonchev–Trinajstić information content (AvgIpc) is 2.19. The molecule has 0 aliphatic carbocycles. The van der Waals surface area contributed by atoms with Gasteiger partial charge in [0.05, 0.1) is 0 Å². The normalized spacial score (nSPS) is 19.6. The van der Waals surface area contributed by atoms with Gasteiger partial charge >= 0.3 is 0 Å². The second kappa shape index (κ2) is 6.68. The van der Waals surface area contributed by atoms with E-state index in [-0.39, 0.29) is 0 Å². The Morgan fingerprint density at radius 2 is 2.08 bits per heavy atom. The molecule has 0 saturated carbocycles. The van der Waals surface area contributed by atoms with Crippen molar-refractivity contribution in [2.75, 3.05) is 38.2 Å². The van der Waals surface area contributed by atoms with E-state index in [4.69, 9.17) is 0 Å². The van der Waals surface area contributed by atoms with Gasteiger partial charge < -0.3 is 10.2 Å². The van der Waals surface area contributed by atoms with E-state index in [9.17, 15) is 0 Å². The van der Waals surface area contributed by atoms with Crippen molar-refractivity contribution in [1.29, 1.82) is 0 Å². The maximum Gasteiger partial charge on any atom is 0.0104 e. The Bertz CT molecular complexity index is 124. The van der Waals surface area contributed by atoms with Crippen molar-refractivity contribution in [2.45, 2.75) is 25.8 Å². The molecule has 0 unspecified atom stereocenters. The van der Waals surface area contributed by atoms with Gasteiger partial charge in [0.1, 0.15) is 0 Å². The lowest BCUT2D eigenvalue weighted by Crippen LogP contribution is -2.37. The predicted molar refractivity (Wildman–Crippen MR) is 61.5 cm³/mol. The molecule has 1 aliphatic heterocycles. The topological polar surface area (TPSA) is 15.3 Å². The fraction of sp³-hybridized carbons (Fsp3) is 1.00. The maximum absolute atomic E-state index is 3.63. The minimum Gasteiger partial charge on any atom is -0.313 e. The molecule has 0 spiro atoms. The van der Waals surface area contributed by atoms with Gasteiger partial charge in [-0.3, -0.25) is 0 Å². The van der Waals surface area contributed by atoms with Gasteiger partial charge in [0.2, 0.25) is 0 Å². The van der Waals surface area contributed by atoms with Crippen LogP contribution in [0.5, 0.6) is 0 Å². The molecule has 1 heterocycles. The number of nitrogens with zero attached hydrogens (tertiary/aromatic N) is 1. The molecule has 1 N–H and O–H groups in total. The monoisotopic (exact) mass is 202 g/mol. The lowest BCUT2D eigenvalue weighted by molar-refractivity contribution is 0.335. The van der Waals surface area contributed by atoms with Gasteiger partial charge in [-0.05, 0) is 37.9 Å². The van der Waals surface area contributed by atoms with E-state index in [0.717, 1.165) is 19.1 Å². The van der Waals surface area contributed by atoms with Crippen molar-refractivity contribution >= 4 is 11.8 Å². The van der Waals surface area contributed by atoms with Crippen molar-refractivity contribution in [1.82, 2.24) is 10.2 Å². The lowest BCUT2D eigenvalue weighted by atomic mass is 10.1. The third-order valence-electron chi connectivity index (χ3n) is 2.69. The van der Waals surface area contributed by atoms with Gasteiger partial charge in [-0.25, -0.2) is 0 Å². The van der Waals surface area contributed by atoms with Crippen molar-refractivity contribution < 1.29 is 0 Å². The molecule has 1 fully saturated rings. The summed E-state index contributed by atoms with van der Waals surface area (Å²) in [6.45, 7) is 5.69. The maximum atomic E-state index is 3.63. The summed E-state index contributed by atoms with van der Waals surface area (Å²) in [5.74, 6) is 2.70. The number of hydrogen-bond donors (Lipinski definition) is 1. The summed E-state index contributed by atoms with van der Waals surface area (Å²) >= 11 is 2.09. The molecule has 78 valence electrons. The molecule has 0 aromatic heterocycles. The first-order valence-electron chi connectivity index (χ1n) is 5.32. The highest BCUT2D eigenvalue weighted by molar-refractivity contribution is 7.99. The van der Waals surface area contributed by atoms with Gasteiger partial charge in [-0.15, -0.1) is 0 Å². The van der Waals surface area contributed by atoms with E-state index < -0.39 is 0 Å². The fourth-order valence-electron chi connectivity index (χ4n) is 1.52. The molecule has 3 heteroatoms. The summed E-state index contributed by atoms with van der Waals surface area (Å²) in [5.41, 5.74) is 0. The minimum absolute atomic E-state index is 0.798. The van der Waals surface area contributed by atoms with E-state index in [2.05, 4.69) is 35.9 Å². The van der Waals surface area contributed by atoms with Crippen LogP contribution in [0.2, 0.25) is 0 Å². The molecule has 1 rings (SSSR count). The second-order valence-electron chi connectivity index (χ2n) is 3.74. The Hall–Kier alpha value is 0.270. The van der Waals surface area contributed by atoms with E-state index in [0.29, 0.717) is 0 Å². The number of likely N-dealkylation sites (N-methyl/N-ethyl adjacent to an activating group) is 1. The Labute approximate surface area is 86.5 Å². The molecule has 0 radical (unpaired) electrons. The SMILES string of the molecule is CCN(C)CCNC1CCSCC1. The zero-order valence-corrected chi connectivity index (χ0v) is 9.70. The first-order chi connectivity index (χ1) is 6.33. The zero-order valence-electron chi connectivity index (χ0n) is 8.88. The first-order valence-corrected chi connectivity index (χ1v) is 6.48. The Balaban J connectivity index is 1.98. The van der Waals surface area contributed by atoms with Crippen molar-refractivity contribution in [2.24, 2.45) is 0 Å². The molecule has 13 heavy (non-hydrogen) atoms. The Morgan fingerprint density at radius 1 is 1.38 bits per heavy atom. The van der Waals surface area contributed by atoms with Crippen LogP contribution in [0.1, 0.15) is 19.8 Å². The standard InChI is InChI=1S/C10H22N2S/c1-3-12(2)7-6-11-10-4-8-13-9-5-10/h10-11H,3-9H2,1-2H3. The van der Waals surface area contributed by atoms with E-state index in [1.165, 1.54) is 30.9 Å². The zero-order chi connectivity index (χ0) is 9.52. The summed E-state index contributed by atoms with van der Waals surface area (Å²) in [7, 11) is 2.18. The third-order valence-corrected chi connectivity index (χ3v) is 3.74. The van der Waals surface area contributed by atoms with Crippen LogP contribution in [0.4, 0.5) is 0 Å². The van der Waals surface area contributed by atoms with Crippen LogP contribution in [0, 0.1) is 0 Å². The van der Waals surface area contributed by atoms with Crippen LogP contribution >= 0.6 is 11.8 Å². The molecule has 0 amide bonds. The van der Waals surface area contributed by atoms with Crippen LogP contribution in [0.25, 0.3) is 0 Å². The van der Waals surface area contributed by atoms with Crippen molar-refractivity contribution in [3.8, 4) is 0 Å². The third kappa shape index (κ3) is 4.89. The molecule has 0 atom stereocenters. The van der Waals surface area contributed by atoms with Crippen LogP contribution in [-0.2, 0) is 0 Å². The fourth-order valence-corrected chi connectivity index (χ4v) is 2.63. The molecule has 0 aromatic carbocycles. The van der Waals surface area contributed by atoms with E-state index in [1.54, 1.807) is 0 Å². The molecule has 1 saturated heterocycles. The number of hydrogen-bond acceptors (Lipinski definition) is 3.